The zero-order chi connectivity index (χ0) is 17.8. The third-order valence-electron chi connectivity index (χ3n) is 6.37. The fraction of sp³-hybridized carbons (Fsp3) is 0.636. The molecule has 0 heterocycles. The minimum atomic E-state index is -1.36. The fourth-order valence-corrected chi connectivity index (χ4v) is 4.56. The molecule has 25 heavy (non-hydrogen) atoms. The van der Waals surface area contributed by atoms with Crippen LogP contribution >= 0.6 is 0 Å². The highest BCUT2D eigenvalue weighted by atomic mass is 19.2. The van der Waals surface area contributed by atoms with Crippen molar-refractivity contribution >= 4 is 0 Å². The van der Waals surface area contributed by atoms with Gasteiger partial charge in [0.1, 0.15) is 0 Å². The van der Waals surface area contributed by atoms with Crippen molar-refractivity contribution in [2.24, 2.45) is 17.8 Å². The van der Waals surface area contributed by atoms with Gasteiger partial charge in [-0.1, -0.05) is 25.5 Å². The molecule has 0 amide bonds. The van der Waals surface area contributed by atoms with E-state index in [0.29, 0.717) is 11.5 Å². The predicted molar refractivity (Wildman–Crippen MR) is 95.9 cm³/mol. The number of halogens is 3. The lowest BCUT2D eigenvalue weighted by molar-refractivity contribution is 0.301. The average Bonchev–Trinajstić information content (AvgIpc) is 2.65. The number of rotatable bonds is 4. The molecule has 2 fully saturated rings. The molecule has 2 saturated carbocycles. The molecule has 0 spiro atoms. The van der Waals surface area contributed by atoms with Crippen molar-refractivity contribution in [3.63, 3.8) is 0 Å². The second-order valence-electron chi connectivity index (χ2n) is 7.98. The van der Waals surface area contributed by atoms with Gasteiger partial charge in [0, 0.05) is 0 Å². The topological polar surface area (TPSA) is 0 Å². The van der Waals surface area contributed by atoms with E-state index in [1.54, 1.807) is 0 Å². The van der Waals surface area contributed by atoms with Gasteiger partial charge in [0.2, 0.25) is 0 Å². The smallest absolute Gasteiger partial charge is 0.194 e. The Kier molecular flexibility index (Phi) is 6.24. The zero-order valence-corrected chi connectivity index (χ0v) is 15.1. The summed E-state index contributed by atoms with van der Waals surface area (Å²) < 4.78 is 40.0. The summed E-state index contributed by atoms with van der Waals surface area (Å²) in [7, 11) is 0. The van der Waals surface area contributed by atoms with Crippen LogP contribution in [-0.2, 0) is 0 Å². The molecule has 0 nitrogen and oxygen atoms in total. The Labute approximate surface area is 149 Å². The maximum absolute atomic E-state index is 13.4. The summed E-state index contributed by atoms with van der Waals surface area (Å²) in [6.07, 6.45) is 15.4. The van der Waals surface area contributed by atoms with Crippen molar-refractivity contribution in [2.75, 3.05) is 0 Å². The third-order valence-corrected chi connectivity index (χ3v) is 6.37. The molecular formula is C22H29F3. The van der Waals surface area contributed by atoms with Gasteiger partial charge in [0.25, 0.3) is 0 Å². The third kappa shape index (κ3) is 4.68. The van der Waals surface area contributed by atoms with Crippen LogP contribution in [0.3, 0.4) is 0 Å². The molecule has 1 aromatic rings. The maximum Gasteiger partial charge on any atom is 0.194 e. The van der Waals surface area contributed by atoms with E-state index in [9.17, 15) is 13.2 Å². The van der Waals surface area contributed by atoms with Crippen molar-refractivity contribution in [1.29, 1.82) is 0 Å². The SMILES string of the molecule is CCC1CCC(C=CC2CCC(c3cc(F)c(F)c(F)c3)CC2)CC1. The molecule has 0 bridgehead atoms. The van der Waals surface area contributed by atoms with E-state index in [1.165, 1.54) is 44.2 Å². The van der Waals surface area contributed by atoms with E-state index in [0.717, 1.165) is 37.5 Å². The summed E-state index contributed by atoms with van der Waals surface area (Å²) in [5, 5.41) is 0. The fourth-order valence-electron chi connectivity index (χ4n) is 4.56. The largest absolute Gasteiger partial charge is 0.204 e. The van der Waals surface area contributed by atoms with Crippen molar-refractivity contribution < 1.29 is 13.2 Å². The molecule has 0 aromatic heterocycles. The first-order chi connectivity index (χ1) is 12.1. The molecule has 0 N–H and O–H groups in total. The lowest BCUT2D eigenvalue weighted by Gasteiger charge is -2.29. The normalized spacial score (nSPS) is 30.7. The van der Waals surface area contributed by atoms with Gasteiger partial charge in [-0.05, 0) is 92.7 Å². The molecule has 0 aliphatic heterocycles. The predicted octanol–water partition coefficient (Wildman–Crippen LogP) is 7.15. The first kappa shape index (κ1) is 18.5. The van der Waals surface area contributed by atoms with E-state index in [-0.39, 0.29) is 5.92 Å². The number of benzene rings is 1. The second-order valence-corrected chi connectivity index (χ2v) is 7.98. The molecule has 0 unspecified atom stereocenters. The molecule has 0 atom stereocenters. The van der Waals surface area contributed by atoms with E-state index in [1.807, 2.05) is 0 Å². The quantitative estimate of drug-likeness (QED) is 0.399. The number of hydrogen-bond acceptors (Lipinski definition) is 0. The molecule has 3 rings (SSSR count). The van der Waals surface area contributed by atoms with Crippen LogP contribution in [0.5, 0.6) is 0 Å². The van der Waals surface area contributed by atoms with Gasteiger partial charge in [-0.2, -0.15) is 0 Å². The molecule has 3 heteroatoms. The van der Waals surface area contributed by atoms with E-state index < -0.39 is 17.5 Å². The van der Waals surface area contributed by atoms with Crippen LogP contribution in [0.25, 0.3) is 0 Å². The highest BCUT2D eigenvalue weighted by Crippen LogP contribution is 2.38. The van der Waals surface area contributed by atoms with Crippen LogP contribution in [0.15, 0.2) is 24.3 Å². The highest BCUT2D eigenvalue weighted by Gasteiger charge is 2.24. The Morgan fingerprint density at radius 2 is 1.28 bits per heavy atom. The summed E-state index contributed by atoms with van der Waals surface area (Å²) in [6, 6.07) is 2.34. The Bertz CT molecular complexity index is 568. The summed E-state index contributed by atoms with van der Waals surface area (Å²) in [4.78, 5) is 0. The summed E-state index contributed by atoms with van der Waals surface area (Å²) >= 11 is 0. The Hall–Kier alpha value is -1.25. The van der Waals surface area contributed by atoms with Crippen LogP contribution < -0.4 is 0 Å². The van der Waals surface area contributed by atoms with Crippen molar-refractivity contribution in [3.8, 4) is 0 Å². The lowest BCUT2D eigenvalue weighted by atomic mass is 9.77. The van der Waals surface area contributed by atoms with Crippen LogP contribution in [0.2, 0.25) is 0 Å². The van der Waals surface area contributed by atoms with Gasteiger partial charge < -0.3 is 0 Å². The van der Waals surface area contributed by atoms with E-state index in [2.05, 4.69) is 19.1 Å². The highest BCUT2D eigenvalue weighted by molar-refractivity contribution is 5.23. The standard InChI is InChI=1S/C22H29F3/c1-2-15-3-5-16(6-4-15)7-8-17-9-11-18(12-10-17)19-13-20(23)22(25)21(24)14-19/h7-8,13-18H,2-6,9-12H2,1H3. The minimum absolute atomic E-state index is 0.147. The van der Waals surface area contributed by atoms with Crippen molar-refractivity contribution in [1.82, 2.24) is 0 Å². The van der Waals surface area contributed by atoms with E-state index in [4.69, 9.17) is 0 Å². The van der Waals surface area contributed by atoms with Crippen molar-refractivity contribution in [3.05, 3.63) is 47.3 Å². The lowest BCUT2D eigenvalue weighted by Crippen LogP contribution is -2.14. The van der Waals surface area contributed by atoms with Gasteiger partial charge in [-0.15, -0.1) is 0 Å². The molecule has 2 aliphatic rings. The molecule has 138 valence electrons. The van der Waals surface area contributed by atoms with Gasteiger partial charge in [-0.3, -0.25) is 0 Å². The first-order valence-electron chi connectivity index (χ1n) is 9.89. The maximum atomic E-state index is 13.4. The summed E-state index contributed by atoms with van der Waals surface area (Å²) in [5.74, 6) is -1.11. The van der Waals surface area contributed by atoms with Crippen LogP contribution in [0.1, 0.15) is 76.2 Å². The van der Waals surface area contributed by atoms with E-state index >= 15 is 0 Å². The van der Waals surface area contributed by atoms with Crippen LogP contribution in [-0.4, -0.2) is 0 Å². The number of hydrogen-bond donors (Lipinski definition) is 0. The second kappa shape index (κ2) is 8.42. The molecule has 2 aliphatic carbocycles. The average molecular weight is 350 g/mol. The minimum Gasteiger partial charge on any atom is -0.204 e. The monoisotopic (exact) mass is 350 g/mol. The Morgan fingerprint density at radius 3 is 1.76 bits per heavy atom. The Morgan fingerprint density at radius 1 is 0.800 bits per heavy atom. The molecule has 0 radical (unpaired) electrons. The summed E-state index contributed by atoms with van der Waals surface area (Å²) in [5.41, 5.74) is 0.608. The van der Waals surface area contributed by atoms with Crippen LogP contribution in [0.4, 0.5) is 13.2 Å². The Balaban J connectivity index is 1.50. The summed E-state index contributed by atoms with van der Waals surface area (Å²) in [6.45, 7) is 2.29. The zero-order valence-electron chi connectivity index (χ0n) is 15.1. The van der Waals surface area contributed by atoms with Gasteiger partial charge in [0.15, 0.2) is 17.5 Å². The van der Waals surface area contributed by atoms with Gasteiger partial charge >= 0.3 is 0 Å². The van der Waals surface area contributed by atoms with Gasteiger partial charge in [-0.25, -0.2) is 13.2 Å². The van der Waals surface area contributed by atoms with Crippen LogP contribution in [0, 0.1) is 35.2 Å². The molecular weight excluding hydrogens is 321 g/mol. The van der Waals surface area contributed by atoms with Gasteiger partial charge in [0.05, 0.1) is 0 Å². The molecule has 0 saturated heterocycles. The van der Waals surface area contributed by atoms with Crippen molar-refractivity contribution in [2.45, 2.75) is 70.6 Å². The first-order valence-corrected chi connectivity index (χ1v) is 9.89. The number of allylic oxidation sites excluding steroid dienone is 2. The molecule has 1 aromatic carbocycles.